The molecule has 1 saturated carbocycles. The minimum absolute atomic E-state index is 0.196. The molecule has 1 atom stereocenters. The standard InChI is InChI=1S/C12H21N3OS/c1-2-10-8-14-12(17-10)13-7-3-4-11(16)15-9-5-6-9/h9-10H,2-8H2,1H3,(H,13,14)(H,15,16). The Labute approximate surface area is 107 Å². The van der Waals surface area contributed by atoms with Gasteiger partial charge in [-0.15, -0.1) is 0 Å². The van der Waals surface area contributed by atoms with E-state index in [1.807, 2.05) is 11.8 Å². The molecule has 2 aliphatic rings. The highest BCUT2D eigenvalue weighted by molar-refractivity contribution is 8.14. The van der Waals surface area contributed by atoms with Crippen molar-refractivity contribution in [2.45, 2.75) is 50.3 Å². The monoisotopic (exact) mass is 255 g/mol. The van der Waals surface area contributed by atoms with Gasteiger partial charge in [0.1, 0.15) is 0 Å². The third-order valence-corrected chi connectivity index (χ3v) is 4.28. The predicted octanol–water partition coefficient (Wildman–Crippen LogP) is 1.52. The van der Waals surface area contributed by atoms with Gasteiger partial charge in [0, 0.05) is 24.3 Å². The Balaban J connectivity index is 1.49. The first kappa shape index (κ1) is 12.7. The van der Waals surface area contributed by atoms with E-state index in [4.69, 9.17) is 0 Å². The molecular formula is C12H21N3OS. The predicted molar refractivity (Wildman–Crippen MR) is 72.4 cm³/mol. The zero-order valence-corrected chi connectivity index (χ0v) is 11.2. The molecule has 2 rings (SSSR count). The molecule has 0 radical (unpaired) electrons. The number of amidine groups is 1. The third kappa shape index (κ3) is 4.58. The van der Waals surface area contributed by atoms with E-state index < -0.39 is 0 Å². The Bertz CT molecular complexity index is 302. The van der Waals surface area contributed by atoms with Crippen LogP contribution in [-0.4, -0.2) is 35.5 Å². The Kier molecular flexibility index (Phi) is 4.71. The van der Waals surface area contributed by atoms with Gasteiger partial charge in [-0.2, -0.15) is 0 Å². The van der Waals surface area contributed by atoms with Crippen LogP contribution in [0, 0.1) is 0 Å². The fourth-order valence-electron chi connectivity index (χ4n) is 1.70. The summed E-state index contributed by atoms with van der Waals surface area (Å²) >= 11 is 1.83. The van der Waals surface area contributed by atoms with Crippen LogP contribution in [0.5, 0.6) is 0 Å². The normalized spacial score (nSPS) is 23.4. The fraction of sp³-hybridized carbons (Fsp3) is 0.833. The molecule has 0 aromatic heterocycles. The van der Waals surface area contributed by atoms with Crippen molar-refractivity contribution >= 4 is 22.8 Å². The molecule has 2 N–H and O–H groups in total. The lowest BCUT2D eigenvalue weighted by Crippen LogP contribution is -2.27. The highest BCUT2D eigenvalue weighted by Gasteiger charge is 2.22. The molecule has 1 aliphatic heterocycles. The van der Waals surface area contributed by atoms with Crippen molar-refractivity contribution in [3.05, 3.63) is 0 Å². The molecule has 4 nitrogen and oxygen atoms in total. The average molecular weight is 255 g/mol. The Morgan fingerprint density at radius 2 is 2.35 bits per heavy atom. The molecule has 1 fully saturated rings. The molecule has 1 heterocycles. The van der Waals surface area contributed by atoms with Gasteiger partial charge in [-0.05, 0) is 25.7 Å². The van der Waals surface area contributed by atoms with Crippen LogP contribution in [-0.2, 0) is 4.79 Å². The van der Waals surface area contributed by atoms with E-state index >= 15 is 0 Å². The molecule has 1 unspecified atom stereocenters. The second kappa shape index (κ2) is 6.28. The van der Waals surface area contributed by atoms with E-state index in [-0.39, 0.29) is 5.91 Å². The summed E-state index contributed by atoms with van der Waals surface area (Å²) in [5.41, 5.74) is 0. The van der Waals surface area contributed by atoms with Gasteiger partial charge in [0.15, 0.2) is 5.17 Å². The van der Waals surface area contributed by atoms with E-state index in [0.717, 1.165) is 37.5 Å². The molecule has 17 heavy (non-hydrogen) atoms. The van der Waals surface area contributed by atoms with Crippen LogP contribution >= 0.6 is 11.8 Å². The molecular weight excluding hydrogens is 234 g/mol. The van der Waals surface area contributed by atoms with Gasteiger partial charge in [-0.1, -0.05) is 18.7 Å². The first-order valence-electron chi connectivity index (χ1n) is 6.52. The maximum atomic E-state index is 11.4. The third-order valence-electron chi connectivity index (χ3n) is 2.97. The van der Waals surface area contributed by atoms with Crippen LogP contribution in [0.15, 0.2) is 4.99 Å². The van der Waals surface area contributed by atoms with Crippen LogP contribution in [0.4, 0.5) is 0 Å². The van der Waals surface area contributed by atoms with Crippen LogP contribution in [0.1, 0.15) is 39.0 Å². The first-order valence-corrected chi connectivity index (χ1v) is 7.40. The second-order valence-corrected chi connectivity index (χ2v) is 5.96. The average Bonchev–Trinajstić information content (AvgIpc) is 3.01. The summed E-state index contributed by atoms with van der Waals surface area (Å²) in [6.45, 7) is 3.98. The zero-order chi connectivity index (χ0) is 12.1. The minimum Gasteiger partial charge on any atom is -0.365 e. The molecule has 96 valence electrons. The number of thioether (sulfide) groups is 1. The number of nitrogens with zero attached hydrogens (tertiary/aromatic N) is 1. The van der Waals surface area contributed by atoms with Crippen molar-refractivity contribution in [1.82, 2.24) is 10.6 Å². The summed E-state index contributed by atoms with van der Waals surface area (Å²) in [7, 11) is 0. The summed E-state index contributed by atoms with van der Waals surface area (Å²) < 4.78 is 0. The Hall–Kier alpha value is -0.710. The van der Waals surface area contributed by atoms with E-state index in [9.17, 15) is 4.79 Å². The van der Waals surface area contributed by atoms with Gasteiger partial charge in [0.25, 0.3) is 0 Å². The lowest BCUT2D eigenvalue weighted by atomic mass is 10.3. The van der Waals surface area contributed by atoms with Crippen LogP contribution in [0.25, 0.3) is 0 Å². The molecule has 0 spiro atoms. The number of carbonyl (C=O) groups is 1. The largest absolute Gasteiger partial charge is 0.365 e. The quantitative estimate of drug-likeness (QED) is 0.708. The maximum Gasteiger partial charge on any atom is 0.220 e. The van der Waals surface area contributed by atoms with Crippen molar-refractivity contribution in [2.75, 3.05) is 13.1 Å². The van der Waals surface area contributed by atoms with E-state index in [2.05, 4.69) is 22.5 Å². The SMILES string of the molecule is CCC1CN=C(NCCCC(=O)NC2CC2)S1. The van der Waals surface area contributed by atoms with Gasteiger partial charge >= 0.3 is 0 Å². The molecule has 5 heteroatoms. The number of amides is 1. The van der Waals surface area contributed by atoms with Crippen LogP contribution < -0.4 is 10.6 Å². The van der Waals surface area contributed by atoms with Crippen molar-refractivity contribution in [1.29, 1.82) is 0 Å². The Morgan fingerprint density at radius 1 is 1.53 bits per heavy atom. The van der Waals surface area contributed by atoms with Crippen molar-refractivity contribution in [3.63, 3.8) is 0 Å². The van der Waals surface area contributed by atoms with E-state index in [0.29, 0.717) is 17.7 Å². The summed E-state index contributed by atoms with van der Waals surface area (Å²) in [4.78, 5) is 15.8. The number of hydrogen-bond donors (Lipinski definition) is 2. The topological polar surface area (TPSA) is 53.5 Å². The summed E-state index contributed by atoms with van der Waals surface area (Å²) in [6, 6.07) is 0.482. The highest BCUT2D eigenvalue weighted by Crippen LogP contribution is 2.22. The lowest BCUT2D eigenvalue weighted by molar-refractivity contribution is -0.121. The van der Waals surface area contributed by atoms with Gasteiger partial charge in [-0.25, -0.2) is 0 Å². The summed E-state index contributed by atoms with van der Waals surface area (Å²) in [6.07, 6.45) is 5.00. The molecule has 1 aliphatic carbocycles. The van der Waals surface area contributed by atoms with Gasteiger partial charge < -0.3 is 10.6 Å². The summed E-state index contributed by atoms with van der Waals surface area (Å²) in [5.74, 6) is 0.196. The van der Waals surface area contributed by atoms with Gasteiger partial charge in [0.05, 0.1) is 6.54 Å². The minimum atomic E-state index is 0.196. The molecule has 0 aromatic carbocycles. The first-order chi connectivity index (χ1) is 8.28. The Morgan fingerprint density at radius 3 is 3.00 bits per heavy atom. The zero-order valence-electron chi connectivity index (χ0n) is 10.4. The van der Waals surface area contributed by atoms with Gasteiger partial charge in [0.2, 0.25) is 5.91 Å². The van der Waals surface area contributed by atoms with Crippen LogP contribution in [0.3, 0.4) is 0 Å². The van der Waals surface area contributed by atoms with Crippen molar-refractivity contribution in [2.24, 2.45) is 4.99 Å². The van der Waals surface area contributed by atoms with Crippen LogP contribution in [0.2, 0.25) is 0 Å². The van der Waals surface area contributed by atoms with Gasteiger partial charge in [-0.3, -0.25) is 9.79 Å². The molecule has 0 aromatic rings. The second-order valence-electron chi connectivity index (χ2n) is 4.67. The van der Waals surface area contributed by atoms with E-state index in [1.54, 1.807) is 0 Å². The van der Waals surface area contributed by atoms with Crippen molar-refractivity contribution in [3.8, 4) is 0 Å². The number of hydrogen-bond acceptors (Lipinski definition) is 4. The smallest absolute Gasteiger partial charge is 0.220 e. The number of carbonyl (C=O) groups excluding carboxylic acids is 1. The highest BCUT2D eigenvalue weighted by atomic mass is 32.2. The molecule has 0 saturated heterocycles. The number of nitrogens with one attached hydrogen (secondary N) is 2. The van der Waals surface area contributed by atoms with E-state index in [1.165, 1.54) is 6.42 Å². The number of aliphatic imine (C=N–C) groups is 1. The van der Waals surface area contributed by atoms with Crippen molar-refractivity contribution < 1.29 is 4.79 Å². The molecule has 0 bridgehead atoms. The fourth-order valence-corrected chi connectivity index (χ4v) is 2.66. The summed E-state index contributed by atoms with van der Waals surface area (Å²) in [5, 5.41) is 8.00. The number of rotatable bonds is 6. The molecule has 1 amide bonds. The lowest BCUT2D eigenvalue weighted by Gasteiger charge is -2.07. The maximum absolute atomic E-state index is 11.4.